The van der Waals surface area contributed by atoms with Gasteiger partial charge >= 0.3 is 0 Å². The molecule has 1 unspecified atom stereocenters. The first-order valence-electron chi connectivity index (χ1n) is 3.97. The zero-order valence-corrected chi connectivity index (χ0v) is 8.00. The van der Waals surface area contributed by atoms with E-state index in [0.29, 0.717) is 12.6 Å². The molecule has 3 nitrogen and oxygen atoms in total. The Labute approximate surface area is 68.7 Å². The van der Waals surface area contributed by atoms with Gasteiger partial charge in [-0.3, -0.25) is 4.57 Å². The fourth-order valence-electron chi connectivity index (χ4n) is 1.22. The van der Waals surface area contributed by atoms with Crippen molar-refractivity contribution in [1.29, 1.82) is 0 Å². The highest BCUT2D eigenvalue weighted by Crippen LogP contribution is 2.22. The zero-order chi connectivity index (χ0) is 8.27. The summed E-state index contributed by atoms with van der Waals surface area (Å²) in [5, 5.41) is 0. The molecule has 0 N–H and O–H groups in total. The molecule has 1 heterocycles. The molecule has 0 aromatic carbocycles. The molecule has 1 rings (SSSR count). The molecule has 11 heavy (non-hydrogen) atoms. The van der Waals surface area contributed by atoms with Crippen molar-refractivity contribution >= 4 is 15.9 Å². The fourth-order valence-corrected chi connectivity index (χ4v) is 1.64. The minimum Gasteiger partial charge on any atom is -0.382 e. The number of hydrogen-bond donors (Lipinski definition) is 0. The molecule has 0 radical (unpaired) electrons. The molecule has 0 aliphatic carbocycles. The van der Waals surface area contributed by atoms with Gasteiger partial charge in [-0.25, -0.2) is 0 Å². The summed E-state index contributed by atoms with van der Waals surface area (Å²) < 4.78 is 21.0. The third-order valence-corrected chi connectivity index (χ3v) is 2.37. The lowest BCUT2D eigenvalue weighted by atomic mass is 9.97. The highest BCUT2D eigenvalue weighted by Gasteiger charge is 2.21. The van der Waals surface area contributed by atoms with E-state index < -0.39 is 8.03 Å². The lowest BCUT2D eigenvalue weighted by Gasteiger charge is -2.09. The van der Waals surface area contributed by atoms with E-state index in [0.717, 1.165) is 12.8 Å². The number of hydrogen-bond acceptors (Lipinski definition) is 3. The van der Waals surface area contributed by atoms with Crippen LogP contribution in [0.15, 0.2) is 0 Å². The Balaban J connectivity index is 2.13. The molecule has 1 fully saturated rings. The highest BCUT2D eigenvalue weighted by atomic mass is 31.1. The summed E-state index contributed by atoms with van der Waals surface area (Å²) in [6.45, 7) is 2.10. The summed E-state index contributed by atoms with van der Waals surface area (Å²) in [5.74, 6) is 0. The second-order valence-corrected chi connectivity index (χ2v) is 4.22. The van der Waals surface area contributed by atoms with Crippen LogP contribution in [-0.2, 0) is 13.8 Å². The molecule has 0 aromatic rings. The summed E-state index contributed by atoms with van der Waals surface area (Å²) in [7, 11) is 0.282. The third-order valence-electron chi connectivity index (χ3n) is 1.79. The lowest BCUT2D eigenvalue weighted by molar-refractivity contribution is 0.0538. The van der Waals surface area contributed by atoms with Crippen molar-refractivity contribution in [1.82, 2.24) is 0 Å². The van der Waals surface area contributed by atoms with Gasteiger partial charge in [-0.15, -0.1) is 0 Å². The van der Waals surface area contributed by atoms with E-state index in [1.54, 1.807) is 6.66 Å². The molecule has 0 saturated carbocycles. The van der Waals surface area contributed by atoms with Crippen LogP contribution in [-0.4, -0.2) is 33.2 Å². The molecule has 1 aliphatic rings. The molecule has 0 spiro atoms. The van der Waals surface area contributed by atoms with Crippen molar-refractivity contribution in [2.24, 2.45) is 0 Å². The smallest absolute Gasteiger partial charge is 0.188 e. The second kappa shape index (κ2) is 4.29. The Morgan fingerprint density at radius 3 is 2.91 bits per heavy atom. The van der Waals surface area contributed by atoms with Crippen molar-refractivity contribution in [2.45, 2.75) is 24.9 Å². The van der Waals surface area contributed by atoms with Crippen LogP contribution in [0.1, 0.15) is 12.8 Å². The first-order valence-corrected chi connectivity index (χ1v) is 5.79. The average molecular weight is 176 g/mol. The maximum atomic E-state index is 10.6. The van der Waals surface area contributed by atoms with Gasteiger partial charge in [0.1, 0.15) is 7.85 Å². The van der Waals surface area contributed by atoms with E-state index in [1.807, 2.05) is 0 Å². The van der Waals surface area contributed by atoms with Gasteiger partial charge in [0.15, 0.2) is 8.03 Å². The SMILES string of the molecule is B[C@H]1CC[C@@H](CO[PH](C)=O)O1. The Kier molecular flexibility index (Phi) is 3.63. The summed E-state index contributed by atoms with van der Waals surface area (Å²) in [6, 6.07) is 0.350. The van der Waals surface area contributed by atoms with Crippen molar-refractivity contribution in [3.05, 3.63) is 0 Å². The van der Waals surface area contributed by atoms with Gasteiger partial charge in [0.25, 0.3) is 0 Å². The minimum absolute atomic E-state index is 0.180. The fraction of sp³-hybridized carbons (Fsp3) is 1.00. The van der Waals surface area contributed by atoms with E-state index in [9.17, 15) is 4.57 Å². The summed E-state index contributed by atoms with van der Waals surface area (Å²) in [4.78, 5) is 0. The van der Waals surface area contributed by atoms with Gasteiger partial charge in [0, 0.05) is 12.7 Å². The second-order valence-electron chi connectivity index (χ2n) is 2.95. The first kappa shape index (κ1) is 9.30. The molecular formula is C6H14BO3P. The molecule has 1 aliphatic heterocycles. The van der Waals surface area contributed by atoms with Gasteiger partial charge in [0.2, 0.25) is 0 Å². The quantitative estimate of drug-likeness (QED) is 0.456. The van der Waals surface area contributed by atoms with Crippen molar-refractivity contribution in [3.63, 3.8) is 0 Å². The highest BCUT2D eigenvalue weighted by molar-refractivity contribution is 7.38. The number of ether oxygens (including phenoxy) is 1. The number of rotatable bonds is 3. The molecule has 1 saturated heterocycles. The monoisotopic (exact) mass is 176 g/mol. The van der Waals surface area contributed by atoms with Gasteiger partial charge < -0.3 is 9.26 Å². The van der Waals surface area contributed by atoms with Crippen molar-refractivity contribution in [3.8, 4) is 0 Å². The van der Waals surface area contributed by atoms with E-state index in [4.69, 9.17) is 9.26 Å². The van der Waals surface area contributed by atoms with Crippen molar-refractivity contribution < 1.29 is 13.8 Å². The lowest BCUT2D eigenvalue weighted by Crippen LogP contribution is -2.15. The minimum atomic E-state index is -1.77. The van der Waals surface area contributed by atoms with Crippen LogP contribution in [0.2, 0.25) is 0 Å². The van der Waals surface area contributed by atoms with Crippen LogP contribution < -0.4 is 0 Å². The van der Waals surface area contributed by atoms with E-state index in [-0.39, 0.29) is 6.10 Å². The Morgan fingerprint density at radius 2 is 2.45 bits per heavy atom. The molecule has 64 valence electrons. The Morgan fingerprint density at radius 1 is 1.73 bits per heavy atom. The third kappa shape index (κ3) is 3.41. The largest absolute Gasteiger partial charge is 0.382 e. The topological polar surface area (TPSA) is 35.5 Å². The van der Waals surface area contributed by atoms with Crippen LogP contribution in [0.5, 0.6) is 0 Å². The van der Waals surface area contributed by atoms with Crippen LogP contribution in [0.4, 0.5) is 0 Å². The predicted molar refractivity (Wildman–Crippen MR) is 47.3 cm³/mol. The van der Waals surface area contributed by atoms with Crippen LogP contribution in [0.25, 0.3) is 0 Å². The Bertz CT molecular complexity index is 153. The first-order chi connectivity index (χ1) is 5.18. The molecule has 0 bridgehead atoms. The maximum absolute atomic E-state index is 10.6. The van der Waals surface area contributed by atoms with Gasteiger partial charge in [-0.05, 0) is 12.8 Å². The van der Waals surface area contributed by atoms with Gasteiger partial charge in [0.05, 0.1) is 12.7 Å². The van der Waals surface area contributed by atoms with E-state index in [1.165, 1.54) is 0 Å². The van der Waals surface area contributed by atoms with Crippen molar-refractivity contribution in [2.75, 3.05) is 13.3 Å². The summed E-state index contributed by atoms with van der Waals surface area (Å²) >= 11 is 0. The molecular weight excluding hydrogens is 162 g/mol. The van der Waals surface area contributed by atoms with Crippen LogP contribution >= 0.6 is 8.03 Å². The summed E-state index contributed by atoms with van der Waals surface area (Å²) in [5.41, 5.74) is 0. The maximum Gasteiger partial charge on any atom is 0.188 e. The van der Waals surface area contributed by atoms with Gasteiger partial charge in [-0.2, -0.15) is 0 Å². The Hall–Kier alpha value is 0.215. The average Bonchev–Trinajstić information content (AvgIpc) is 2.31. The van der Waals surface area contributed by atoms with E-state index in [2.05, 4.69) is 7.85 Å². The molecule has 3 atom stereocenters. The zero-order valence-electron chi connectivity index (χ0n) is 7.00. The molecule has 5 heteroatoms. The normalized spacial score (nSPS) is 33.9. The predicted octanol–water partition coefficient (Wildman–Crippen LogP) is 0.246. The molecule has 0 aromatic heterocycles. The van der Waals surface area contributed by atoms with E-state index >= 15 is 0 Å². The van der Waals surface area contributed by atoms with Crippen LogP contribution in [0, 0.1) is 0 Å². The molecule has 0 amide bonds. The van der Waals surface area contributed by atoms with Gasteiger partial charge in [-0.1, -0.05) is 0 Å². The van der Waals surface area contributed by atoms with Crippen LogP contribution in [0.3, 0.4) is 0 Å². The summed E-state index contributed by atoms with van der Waals surface area (Å²) in [6.07, 6.45) is 2.31. The standard InChI is InChI=1S/C6H14BO3P/c1-11(8)9-4-5-2-3-6(7)10-5/h5-6,11H,2-4,7H2,1H3/t5-,6+/m0/s1.